The number of rotatable bonds is 5. The van der Waals surface area contributed by atoms with Crippen molar-refractivity contribution in [1.82, 2.24) is 5.32 Å². The number of benzene rings is 1. The van der Waals surface area contributed by atoms with E-state index in [2.05, 4.69) is 10.6 Å². The van der Waals surface area contributed by atoms with Gasteiger partial charge in [0.15, 0.2) is 11.6 Å². The molecule has 0 saturated heterocycles. The highest BCUT2D eigenvalue weighted by molar-refractivity contribution is 6.03. The second-order valence-electron chi connectivity index (χ2n) is 4.57. The summed E-state index contributed by atoms with van der Waals surface area (Å²) in [5, 5.41) is 5.30. The fraction of sp³-hybridized carbons (Fsp3) is 0.385. The van der Waals surface area contributed by atoms with Crippen molar-refractivity contribution in [2.45, 2.75) is 6.42 Å². The number of fused-ring (bicyclic) bond motifs is 1. The topological polar surface area (TPSA) is 87.5 Å². The van der Waals surface area contributed by atoms with Gasteiger partial charge in [-0.05, 0) is 0 Å². The van der Waals surface area contributed by atoms with Crippen molar-refractivity contribution in [2.24, 2.45) is 5.73 Å². The molecule has 0 unspecified atom stereocenters. The van der Waals surface area contributed by atoms with Gasteiger partial charge in [-0.15, -0.1) is 0 Å². The minimum absolute atomic E-state index is 0.0253. The molecule has 1 aromatic rings. The number of carbonyl (C=O) groups is 2. The largest absolute Gasteiger partial charge is 0.374 e. The number of halogens is 2. The highest BCUT2D eigenvalue weighted by Crippen LogP contribution is 2.31. The second kappa shape index (κ2) is 6.49. The number of hydrogen-bond acceptors (Lipinski definition) is 4. The Kier molecular flexibility index (Phi) is 4.69. The lowest BCUT2D eigenvalue weighted by Gasteiger charge is -2.30. The molecule has 8 heteroatoms. The van der Waals surface area contributed by atoms with Crippen molar-refractivity contribution in [3.63, 3.8) is 0 Å². The highest BCUT2D eigenvalue weighted by Gasteiger charge is 2.26. The molecule has 6 nitrogen and oxygen atoms in total. The summed E-state index contributed by atoms with van der Waals surface area (Å²) in [5.41, 5.74) is 5.83. The summed E-state index contributed by atoms with van der Waals surface area (Å²) in [6.07, 6.45) is 0.0597. The van der Waals surface area contributed by atoms with Crippen molar-refractivity contribution in [2.75, 3.05) is 36.4 Å². The van der Waals surface area contributed by atoms with Crippen LogP contribution in [0.5, 0.6) is 0 Å². The molecule has 0 fully saturated rings. The maximum atomic E-state index is 13.3. The molecule has 21 heavy (non-hydrogen) atoms. The van der Waals surface area contributed by atoms with E-state index in [-0.39, 0.29) is 37.0 Å². The predicted molar refractivity (Wildman–Crippen MR) is 73.9 cm³/mol. The normalized spacial score (nSPS) is 13.7. The van der Waals surface area contributed by atoms with Gasteiger partial charge in [-0.3, -0.25) is 9.59 Å². The Hall–Kier alpha value is -2.22. The molecule has 1 heterocycles. The SMILES string of the molecule is NCCNC(=O)CCN1C(=O)CNc2cc(F)c(F)cc21. The molecule has 1 aromatic carbocycles. The number of nitrogens with zero attached hydrogens (tertiary/aromatic N) is 1. The van der Waals surface area contributed by atoms with Gasteiger partial charge in [-0.2, -0.15) is 0 Å². The van der Waals surface area contributed by atoms with Crippen LogP contribution < -0.4 is 21.3 Å². The van der Waals surface area contributed by atoms with Crippen molar-refractivity contribution in [1.29, 1.82) is 0 Å². The number of nitrogens with two attached hydrogens (primary N) is 1. The predicted octanol–water partition coefficient (Wildman–Crippen LogP) is 0.188. The van der Waals surface area contributed by atoms with Crippen LogP contribution in [0.25, 0.3) is 0 Å². The molecule has 0 aliphatic carbocycles. The van der Waals surface area contributed by atoms with Crippen LogP contribution in [0.1, 0.15) is 6.42 Å². The van der Waals surface area contributed by atoms with Crippen LogP contribution in [-0.2, 0) is 9.59 Å². The third kappa shape index (κ3) is 3.46. The van der Waals surface area contributed by atoms with Gasteiger partial charge in [0.25, 0.3) is 0 Å². The Bertz CT molecular complexity index is 565. The molecular weight excluding hydrogens is 282 g/mol. The summed E-state index contributed by atoms with van der Waals surface area (Å²) in [6.45, 7) is 0.744. The lowest BCUT2D eigenvalue weighted by molar-refractivity contribution is -0.121. The minimum Gasteiger partial charge on any atom is -0.374 e. The zero-order valence-corrected chi connectivity index (χ0v) is 11.3. The molecule has 0 aromatic heterocycles. The van der Waals surface area contributed by atoms with Gasteiger partial charge < -0.3 is 21.3 Å². The number of amides is 2. The smallest absolute Gasteiger partial charge is 0.246 e. The second-order valence-corrected chi connectivity index (χ2v) is 4.57. The average Bonchev–Trinajstić information content (AvgIpc) is 2.46. The Labute approximate surface area is 120 Å². The number of carbonyl (C=O) groups excluding carboxylic acids is 2. The molecule has 0 spiro atoms. The molecule has 1 aliphatic rings. The fourth-order valence-electron chi connectivity index (χ4n) is 2.06. The first-order valence-electron chi connectivity index (χ1n) is 6.53. The number of hydrogen-bond donors (Lipinski definition) is 3. The van der Waals surface area contributed by atoms with Crippen LogP contribution in [0.15, 0.2) is 12.1 Å². The van der Waals surface area contributed by atoms with Crippen molar-refractivity contribution < 1.29 is 18.4 Å². The average molecular weight is 298 g/mol. The summed E-state index contributed by atoms with van der Waals surface area (Å²) >= 11 is 0. The quantitative estimate of drug-likeness (QED) is 0.724. The van der Waals surface area contributed by atoms with Gasteiger partial charge in [0.05, 0.1) is 17.9 Å². The van der Waals surface area contributed by atoms with Gasteiger partial charge in [0, 0.05) is 38.2 Å². The molecule has 0 radical (unpaired) electrons. The van der Waals surface area contributed by atoms with E-state index in [4.69, 9.17) is 5.73 Å². The minimum atomic E-state index is -1.04. The molecule has 2 amide bonds. The number of nitrogens with one attached hydrogen (secondary N) is 2. The molecule has 0 atom stereocenters. The van der Waals surface area contributed by atoms with E-state index in [0.29, 0.717) is 18.8 Å². The maximum Gasteiger partial charge on any atom is 0.246 e. The summed E-state index contributed by atoms with van der Waals surface area (Å²) in [7, 11) is 0. The van der Waals surface area contributed by atoms with Crippen molar-refractivity contribution in [3.8, 4) is 0 Å². The maximum absolute atomic E-state index is 13.3. The highest BCUT2D eigenvalue weighted by atomic mass is 19.2. The molecule has 114 valence electrons. The Morgan fingerprint density at radius 3 is 2.81 bits per heavy atom. The van der Waals surface area contributed by atoms with Gasteiger partial charge in [-0.25, -0.2) is 8.78 Å². The van der Waals surface area contributed by atoms with Crippen LogP contribution in [0.2, 0.25) is 0 Å². The summed E-state index contributed by atoms with van der Waals surface area (Å²) in [4.78, 5) is 24.7. The van der Waals surface area contributed by atoms with Crippen LogP contribution in [0, 0.1) is 11.6 Å². The molecular formula is C13H16F2N4O2. The Morgan fingerprint density at radius 1 is 1.38 bits per heavy atom. The molecule has 0 bridgehead atoms. The first-order valence-corrected chi connectivity index (χ1v) is 6.53. The third-order valence-corrected chi connectivity index (χ3v) is 3.09. The van der Waals surface area contributed by atoms with E-state index in [1.165, 1.54) is 4.90 Å². The monoisotopic (exact) mass is 298 g/mol. The van der Waals surface area contributed by atoms with Gasteiger partial charge in [-0.1, -0.05) is 0 Å². The summed E-state index contributed by atoms with van der Waals surface area (Å²) in [6, 6.07) is 1.95. The van der Waals surface area contributed by atoms with E-state index in [0.717, 1.165) is 12.1 Å². The first kappa shape index (κ1) is 15.2. The molecule has 2 rings (SSSR count). The van der Waals surface area contributed by atoms with Gasteiger partial charge >= 0.3 is 0 Å². The van der Waals surface area contributed by atoms with E-state index >= 15 is 0 Å². The van der Waals surface area contributed by atoms with Crippen molar-refractivity contribution >= 4 is 23.2 Å². The lowest BCUT2D eigenvalue weighted by Crippen LogP contribution is -2.42. The van der Waals surface area contributed by atoms with E-state index in [1.807, 2.05) is 0 Å². The van der Waals surface area contributed by atoms with Crippen LogP contribution in [0.4, 0.5) is 20.2 Å². The Morgan fingerprint density at radius 2 is 2.10 bits per heavy atom. The standard InChI is InChI=1S/C13H16F2N4O2/c14-8-5-10-11(6-9(8)15)19(13(21)7-18-10)4-1-12(20)17-3-2-16/h5-6,18H,1-4,7,16H2,(H,17,20). The van der Waals surface area contributed by atoms with Crippen molar-refractivity contribution in [3.05, 3.63) is 23.8 Å². The van der Waals surface area contributed by atoms with Gasteiger partial charge in [0.1, 0.15) is 0 Å². The Balaban J connectivity index is 2.11. The van der Waals surface area contributed by atoms with Crippen LogP contribution >= 0.6 is 0 Å². The first-order chi connectivity index (χ1) is 10.0. The molecule has 0 saturated carbocycles. The fourth-order valence-corrected chi connectivity index (χ4v) is 2.06. The van der Waals surface area contributed by atoms with Gasteiger partial charge in [0.2, 0.25) is 11.8 Å². The number of anilines is 2. The lowest BCUT2D eigenvalue weighted by atomic mass is 10.1. The molecule has 1 aliphatic heterocycles. The van der Waals surface area contributed by atoms with E-state index in [9.17, 15) is 18.4 Å². The molecule has 4 N–H and O–H groups in total. The van der Waals surface area contributed by atoms with Crippen LogP contribution in [0.3, 0.4) is 0 Å². The zero-order chi connectivity index (χ0) is 15.4. The van der Waals surface area contributed by atoms with E-state index in [1.54, 1.807) is 0 Å². The van der Waals surface area contributed by atoms with E-state index < -0.39 is 11.6 Å². The summed E-state index contributed by atoms with van der Waals surface area (Å²) in [5.74, 6) is -2.59. The summed E-state index contributed by atoms with van der Waals surface area (Å²) < 4.78 is 26.5. The zero-order valence-electron chi connectivity index (χ0n) is 11.3. The van der Waals surface area contributed by atoms with Crippen LogP contribution in [-0.4, -0.2) is 38.0 Å². The third-order valence-electron chi connectivity index (χ3n) is 3.09.